The van der Waals surface area contributed by atoms with Crippen molar-refractivity contribution in [3.63, 3.8) is 0 Å². The maximum absolute atomic E-state index is 5.72. The third-order valence-corrected chi connectivity index (χ3v) is 2.39. The molecule has 0 aromatic heterocycles. The van der Waals surface area contributed by atoms with Gasteiger partial charge in [0.2, 0.25) is 0 Å². The van der Waals surface area contributed by atoms with Crippen molar-refractivity contribution >= 4 is 0 Å². The van der Waals surface area contributed by atoms with E-state index in [9.17, 15) is 0 Å². The average Bonchev–Trinajstić information content (AvgIpc) is 2.24. The molecule has 0 bridgehead atoms. The molecule has 0 spiro atoms. The number of benzene rings is 1. The van der Waals surface area contributed by atoms with Crippen molar-refractivity contribution in [2.75, 3.05) is 13.2 Å². The monoisotopic (exact) mass is 233 g/mol. The summed E-state index contributed by atoms with van der Waals surface area (Å²) in [5.41, 5.74) is 2.33. The first-order valence-electron chi connectivity index (χ1n) is 5.98. The lowest BCUT2D eigenvalue weighted by molar-refractivity contribution is 0.339. The lowest BCUT2D eigenvalue weighted by atomic mass is 10.1. The highest BCUT2D eigenvalue weighted by Crippen LogP contribution is 2.16. The van der Waals surface area contributed by atoms with E-state index in [-0.39, 0.29) is 5.54 Å². The molecule has 0 aliphatic rings. The Hall–Kier alpha value is -1.28. The fourth-order valence-electron chi connectivity index (χ4n) is 1.34. The first kappa shape index (κ1) is 13.8. The molecule has 0 saturated heterocycles. The van der Waals surface area contributed by atoms with E-state index < -0.39 is 0 Å². The van der Waals surface area contributed by atoms with Crippen LogP contribution in [-0.2, 0) is 0 Å². The maximum atomic E-state index is 5.72. The zero-order chi connectivity index (χ0) is 12.9. The van der Waals surface area contributed by atoms with Crippen molar-refractivity contribution in [1.82, 2.24) is 5.32 Å². The van der Waals surface area contributed by atoms with Gasteiger partial charge < -0.3 is 10.1 Å². The lowest BCUT2D eigenvalue weighted by Crippen LogP contribution is -2.37. The Morgan fingerprint density at radius 1 is 1.29 bits per heavy atom. The summed E-state index contributed by atoms with van der Waals surface area (Å²) >= 11 is 0. The van der Waals surface area contributed by atoms with Crippen LogP contribution in [0.15, 0.2) is 36.4 Å². The number of para-hydroxylation sites is 1. The molecule has 0 heterocycles. The smallest absolute Gasteiger partial charge is 0.122 e. The van der Waals surface area contributed by atoms with Crippen molar-refractivity contribution in [3.05, 3.63) is 42.0 Å². The molecule has 0 saturated carbocycles. The minimum atomic E-state index is 0.117. The molecule has 0 aliphatic carbocycles. The molecular weight excluding hydrogens is 210 g/mol. The number of hydrogen-bond donors (Lipinski definition) is 1. The highest BCUT2D eigenvalue weighted by atomic mass is 16.5. The Balaban J connectivity index is 2.36. The van der Waals surface area contributed by atoms with Crippen molar-refractivity contribution in [3.8, 4) is 5.75 Å². The van der Waals surface area contributed by atoms with Gasteiger partial charge in [0.15, 0.2) is 0 Å². The summed E-state index contributed by atoms with van der Waals surface area (Å²) in [6.07, 6.45) is 0. The summed E-state index contributed by atoms with van der Waals surface area (Å²) in [4.78, 5) is 0. The molecule has 0 unspecified atom stereocenters. The van der Waals surface area contributed by atoms with Crippen LogP contribution in [0.3, 0.4) is 0 Å². The Morgan fingerprint density at radius 2 is 1.94 bits per heavy atom. The van der Waals surface area contributed by atoms with Crippen molar-refractivity contribution in [1.29, 1.82) is 0 Å². The van der Waals surface area contributed by atoms with E-state index in [1.54, 1.807) is 0 Å². The first-order chi connectivity index (χ1) is 7.88. The molecule has 0 fully saturated rings. The minimum Gasteiger partial charge on any atom is -0.489 e. The van der Waals surface area contributed by atoms with Crippen LogP contribution < -0.4 is 10.1 Å². The summed E-state index contributed by atoms with van der Waals surface area (Å²) in [6.45, 7) is 13.8. The van der Waals surface area contributed by atoms with Gasteiger partial charge in [0, 0.05) is 12.1 Å². The van der Waals surface area contributed by atoms with Gasteiger partial charge >= 0.3 is 0 Å². The summed E-state index contributed by atoms with van der Waals surface area (Å²) in [6, 6.07) is 8.03. The minimum absolute atomic E-state index is 0.117. The summed E-state index contributed by atoms with van der Waals surface area (Å²) in [7, 11) is 0. The van der Waals surface area contributed by atoms with Crippen LogP contribution in [0.4, 0.5) is 0 Å². The van der Waals surface area contributed by atoms with Gasteiger partial charge in [-0.15, -0.1) is 0 Å². The molecule has 0 atom stereocenters. The van der Waals surface area contributed by atoms with Gasteiger partial charge in [-0.2, -0.15) is 0 Å². The van der Waals surface area contributed by atoms with Crippen LogP contribution in [0, 0.1) is 6.92 Å². The Morgan fingerprint density at radius 3 is 2.53 bits per heavy atom. The zero-order valence-corrected chi connectivity index (χ0v) is 11.3. The number of hydrogen-bond acceptors (Lipinski definition) is 2. The fourth-order valence-corrected chi connectivity index (χ4v) is 1.34. The van der Waals surface area contributed by atoms with E-state index in [2.05, 4.69) is 32.7 Å². The molecule has 1 N–H and O–H groups in total. The van der Waals surface area contributed by atoms with Gasteiger partial charge in [-0.3, -0.25) is 0 Å². The molecule has 1 aromatic rings. The van der Waals surface area contributed by atoms with Crippen molar-refractivity contribution < 1.29 is 4.74 Å². The largest absolute Gasteiger partial charge is 0.489 e. The van der Waals surface area contributed by atoms with Crippen LogP contribution in [0.1, 0.15) is 26.3 Å². The number of rotatable bonds is 5. The van der Waals surface area contributed by atoms with Crippen molar-refractivity contribution in [2.24, 2.45) is 0 Å². The van der Waals surface area contributed by atoms with E-state index in [1.165, 1.54) is 0 Å². The predicted molar refractivity (Wildman–Crippen MR) is 73.6 cm³/mol. The summed E-state index contributed by atoms with van der Waals surface area (Å²) < 4.78 is 5.72. The normalized spacial score (nSPS) is 11.3. The molecule has 0 radical (unpaired) electrons. The zero-order valence-electron chi connectivity index (χ0n) is 11.3. The molecule has 0 aliphatic heterocycles. The third-order valence-electron chi connectivity index (χ3n) is 2.39. The van der Waals surface area contributed by atoms with Crippen LogP contribution in [0.25, 0.3) is 0 Å². The Kier molecular flexibility index (Phi) is 4.76. The van der Waals surface area contributed by atoms with Crippen LogP contribution in [0.5, 0.6) is 5.75 Å². The number of nitrogens with one attached hydrogen (secondary N) is 1. The van der Waals surface area contributed by atoms with Gasteiger partial charge in [0.05, 0.1) is 0 Å². The SMILES string of the molecule is C=C(CNC(C)(C)C)COc1ccccc1C. The Labute approximate surface area is 105 Å². The molecule has 17 heavy (non-hydrogen) atoms. The van der Waals surface area contributed by atoms with Gasteiger partial charge in [-0.1, -0.05) is 24.8 Å². The molecule has 0 amide bonds. The second-order valence-electron chi connectivity index (χ2n) is 5.41. The van der Waals surface area contributed by atoms with Crippen molar-refractivity contribution in [2.45, 2.75) is 33.2 Å². The molecule has 2 nitrogen and oxygen atoms in total. The second kappa shape index (κ2) is 5.87. The van der Waals surface area contributed by atoms with E-state index >= 15 is 0 Å². The Bertz CT molecular complexity index is 377. The fraction of sp³-hybridized carbons (Fsp3) is 0.467. The van der Waals surface area contributed by atoms with E-state index in [0.29, 0.717) is 6.61 Å². The summed E-state index contributed by atoms with van der Waals surface area (Å²) in [5.74, 6) is 0.935. The van der Waals surface area contributed by atoms with Gasteiger partial charge in [-0.05, 0) is 44.9 Å². The molecule has 1 rings (SSSR count). The quantitative estimate of drug-likeness (QED) is 0.788. The van der Waals surface area contributed by atoms with Gasteiger partial charge in [-0.25, -0.2) is 0 Å². The first-order valence-corrected chi connectivity index (χ1v) is 5.98. The highest BCUT2D eigenvalue weighted by Gasteiger charge is 2.09. The number of aryl methyl sites for hydroxylation is 1. The lowest BCUT2D eigenvalue weighted by Gasteiger charge is -2.21. The van der Waals surface area contributed by atoms with Crippen LogP contribution >= 0.6 is 0 Å². The highest BCUT2D eigenvalue weighted by molar-refractivity contribution is 5.32. The average molecular weight is 233 g/mol. The van der Waals surface area contributed by atoms with Crippen LogP contribution in [0.2, 0.25) is 0 Å². The van der Waals surface area contributed by atoms with Gasteiger partial charge in [0.1, 0.15) is 12.4 Å². The topological polar surface area (TPSA) is 21.3 Å². The molecule has 94 valence electrons. The van der Waals surface area contributed by atoms with E-state index in [0.717, 1.165) is 23.4 Å². The molecule has 2 heteroatoms. The molecule has 1 aromatic carbocycles. The third kappa shape index (κ3) is 5.55. The summed E-state index contributed by atoms with van der Waals surface area (Å²) in [5, 5.41) is 3.39. The maximum Gasteiger partial charge on any atom is 0.122 e. The standard InChI is InChI=1S/C15H23NO/c1-12(10-16-15(3,4)5)11-17-14-9-7-6-8-13(14)2/h6-9,16H,1,10-11H2,2-5H3. The van der Waals surface area contributed by atoms with E-state index in [4.69, 9.17) is 4.74 Å². The van der Waals surface area contributed by atoms with Gasteiger partial charge in [0.25, 0.3) is 0 Å². The molecular formula is C15H23NO. The van der Waals surface area contributed by atoms with E-state index in [1.807, 2.05) is 31.2 Å². The predicted octanol–water partition coefficient (Wildman–Crippen LogP) is 3.32. The second-order valence-corrected chi connectivity index (χ2v) is 5.41. The number of ether oxygens (including phenoxy) is 1. The van der Waals surface area contributed by atoms with Crippen LogP contribution in [-0.4, -0.2) is 18.7 Å².